The van der Waals surface area contributed by atoms with E-state index >= 15 is 0 Å². The Balaban J connectivity index is 0.00000272. The molecule has 1 N–H and O–H groups in total. The van der Waals surface area contributed by atoms with E-state index in [0.717, 1.165) is 58.3 Å². The van der Waals surface area contributed by atoms with Crippen molar-refractivity contribution in [2.45, 2.75) is 32.1 Å². The number of hydrogen-bond acceptors (Lipinski definition) is 4. The molecule has 0 spiro atoms. The maximum Gasteiger partial charge on any atom is 0.307 e. The number of benzene rings is 2. The zero-order chi connectivity index (χ0) is 20.8. The Morgan fingerprint density at radius 3 is 2.26 bits per heavy atom. The topological polar surface area (TPSA) is 53.0 Å². The molecule has 1 fully saturated rings. The third-order valence-electron chi connectivity index (χ3n) is 6.31. The van der Waals surface area contributed by atoms with Gasteiger partial charge >= 0.3 is 5.97 Å². The quantitative estimate of drug-likeness (QED) is 0.605. The van der Waals surface area contributed by atoms with Crippen molar-refractivity contribution >= 4 is 29.8 Å². The summed E-state index contributed by atoms with van der Waals surface area (Å²) in [4.78, 5) is 15.9. The van der Waals surface area contributed by atoms with Gasteiger partial charge in [-0.25, -0.2) is 0 Å². The maximum atomic E-state index is 11.2. The van der Waals surface area contributed by atoms with E-state index in [0.29, 0.717) is 13.2 Å². The van der Waals surface area contributed by atoms with Crippen molar-refractivity contribution in [1.29, 1.82) is 0 Å². The highest BCUT2D eigenvalue weighted by molar-refractivity contribution is 5.85. The molecule has 5 nitrogen and oxygen atoms in total. The van der Waals surface area contributed by atoms with Gasteiger partial charge in [0.1, 0.15) is 0 Å². The fourth-order valence-corrected chi connectivity index (χ4v) is 4.69. The van der Waals surface area contributed by atoms with Crippen LogP contribution in [0.1, 0.15) is 30.4 Å². The molecule has 2 aliphatic rings. The molecule has 2 aliphatic heterocycles. The van der Waals surface area contributed by atoms with Crippen molar-refractivity contribution < 1.29 is 14.6 Å². The number of aryl methyl sites for hydroxylation is 2. The summed E-state index contributed by atoms with van der Waals surface area (Å²) >= 11 is 0. The number of carboxylic acid groups (broad SMARTS) is 1. The van der Waals surface area contributed by atoms with Gasteiger partial charge in [-0.2, -0.15) is 0 Å². The maximum absolute atomic E-state index is 11.2. The second kappa shape index (κ2) is 11.5. The molecule has 0 unspecified atom stereocenters. The molecule has 2 heterocycles. The number of piperidine rings is 1. The number of rotatable bonds is 8. The van der Waals surface area contributed by atoms with Gasteiger partial charge in [-0.1, -0.05) is 36.4 Å². The number of hydrogen-bond donors (Lipinski definition) is 1. The van der Waals surface area contributed by atoms with Crippen LogP contribution in [0.2, 0.25) is 0 Å². The number of para-hydroxylation sites is 2. The lowest BCUT2D eigenvalue weighted by molar-refractivity contribution is -0.143. The second-order valence-electron chi connectivity index (χ2n) is 8.35. The summed E-state index contributed by atoms with van der Waals surface area (Å²) < 4.78 is 5.91. The lowest BCUT2D eigenvalue weighted by atomic mass is 9.98. The highest BCUT2D eigenvalue weighted by Crippen LogP contribution is 2.35. The van der Waals surface area contributed by atoms with E-state index in [-0.39, 0.29) is 18.3 Å². The zero-order valence-corrected chi connectivity index (χ0v) is 18.9. The van der Waals surface area contributed by atoms with Crippen LogP contribution < -0.4 is 4.90 Å². The summed E-state index contributed by atoms with van der Waals surface area (Å²) in [6.45, 7) is 4.77. The number of nitrogens with zero attached hydrogens (tertiary/aromatic N) is 2. The van der Waals surface area contributed by atoms with Crippen LogP contribution in [0.25, 0.3) is 0 Å². The Morgan fingerprint density at radius 1 is 0.968 bits per heavy atom. The summed E-state index contributed by atoms with van der Waals surface area (Å²) in [6, 6.07) is 17.5. The summed E-state index contributed by atoms with van der Waals surface area (Å²) in [7, 11) is 0. The molecule has 1 saturated heterocycles. The highest BCUT2D eigenvalue weighted by atomic mass is 35.5. The van der Waals surface area contributed by atoms with Gasteiger partial charge in [-0.15, -0.1) is 12.4 Å². The molecule has 0 saturated carbocycles. The summed E-state index contributed by atoms with van der Waals surface area (Å²) in [5, 5.41) is 9.22. The largest absolute Gasteiger partial charge is 0.481 e. The van der Waals surface area contributed by atoms with E-state index in [2.05, 4.69) is 58.3 Å². The molecule has 1 atom stereocenters. The number of carboxylic acids is 1. The summed E-state index contributed by atoms with van der Waals surface area (Å²) in [6.07, 6.45) is 4.87. The molecule has 31 heavy (non-hydrogen) atoms. The predicted molar refractivity (Wildman–Crippen MR) is 127 cm³/mol. The van der Waals surface area contributed by atoms with E-state index in [9.17, 15) is 9.90 Å². The van der Waals surface area contributed by atoms with Crippen LogP contribution in [-0.4, -0.2) is 55.4 Å². The molecular weight excluding hydrogens is 412 g/mol. The zero-order valence-electron chi connectivity index (χ0n) is 18.0. The SMILES string of the molecule is Cl.O=C(O)[C@@H]1CCCN(CCOCCCN2c3ccccc3CCc3ccccc32)C1. The van der Waals surface area contributed by atoms with Gasteiger partial charge in [0.15, 0.2) is 0 Å². The lowest BCUT2D eigenvalue weighted by Crippen LogP contribution is -2.40. The average molecular weight is 445 g/mol. The first-order valence-electron chi connectivity index (χ1n) is 11.2. The van der Waals surface area contributed by atoms with Crippen molar-refractivity contribution in [1.82, 2.24) is 4.90 Å². The molecular formula is C25H33ClN2O3. The van der Waals surface area contributed by atoms with Crippen LogP contribution in [0, 0.1) is 5.92 Å². The Bertz CT molecular complexity index is 813. The van der Waals surface area contributed by atoms with Crippen molar-refractivity contribution in [3.05, 3.63) is 59.7 Å². The Hall–Kier alpha value is -2.08. The van der Waals surface area contributed by atoms with Crippen LogP contribution in [0.5, 0.6) is 0 Å². The van der Waals surface area contributed by atoms with Crippen molar-refractivity contribution in [3.8, 4) is 0 Å². The van der Waals surface area contributed by atoms with Crippen molar-refractivity contribution in [3.63, 3.8) is 0 Å². The van der Waals surface area contributed by atoms with Gasteiger partial charge in [0.25, 0.3) is 0 Å². The number of ether oxygens (including phenoxy) is 1. The van der Waals surface area contributed by atoms with Crippen molar-refractivity contribution in [2.24, 2.45) is 5.92 Å². The molecule has 0 radical (unpaired) electrons. The van der Waals surface area contributed by atoms with Crippen LogP contribution in [0.3, 0.4) is 0 Å². The normalized spacial score (nSPS) is 18.5. The molecule has 2 aromatic carbocycles. The van der Waals surface area contributed by atoms with E-state index in [1.165, 1.54) is 22.5 Å². The molecule has 2 aromatic rings. The van der Waals surface area contributed by atoms with Crippen molar-refractivity contribution in [2.75, 3.05) is 44.3 Å². The molecule has 4 rings (SSSR count). The summed E-state index contributed by atoms with van der Waals surface area (Å²) in [5.41, 5.74) is 5.45. The Labute approximate surface area is 191 Å². The van der Waals surface area contributed by atoms with Crippen LogP contribution in [-0.2, 0) is 22.4 Å². The standard InChI is InChI=1S/C25H32N2O3.ClH/c28-25(29)22-9-5-14-26(19-22)16-18-30-17-6-15-27-23-10-3-1-7-20(23)12-13-21-8-2-4-11-24(21)27;/h1-4,7-8,10-11,22H,5-6,9,12-19H2,(H,28,29);1H/t22-;/m1./s1. The van der Waals surface area contributed by atoms with E-state index in [1.807, 2.05) is 0 Å². The number of carbonyl (C=O) groups is 1. The number of likely N-dealkylation sites (tertiary alicyclic amines) is 1. The molecule has 0 amide bonds. The van der Waals surface area contributed by atoms with Gasteiger partial charge in [0.2, 0.25) is 0 Å². The van der Waals surface area contributed by atoms with Crippen LogP contribution >= 0.6 is 12.4 Å². The minimum Gasteiger partial charge on any atom is -0.481 e. The monoisotopic (exact) mass is 444 g/mol. The minimum absolute atomic E-state index is 0. The molecule has 168 valence electrons. The van der Waals surface area contributed by atoms with Gasteiger partial charge in [-0.05, 0) is 61.9 Å². The smallest absolute Gasteiger partial charge is 0.307 e. The first-order valence-corrected chi connectivity index (χ1v) is 11.2. The predicted octanol–water partition coefficient (Wildman–Crippen LogP) is 4.55. The van der Waals surface area contributed by atoms with Gasteiger partial charge < -0.3 is 19.6 Å². The van der Waals surface area contributed by atoms with E-state index < -0.39 is 5.97 Å². The molecule has 0 aliphatic carbocycles. The third-order valence-corrected chi connectivity index (χ3v) is 6.31. The summed E-state index contributed by atoms with van der Waals surface area (Å²) in [5.74, 6) is -0.888. The first-order chi connectivity index (χ1) is 14.7. The first kappa shape index (κ1) is 23.6. The molecule has 6 heteroatoms. The van der Waals surface area contributed by atoms with Gasteiger partial charge in [0, 0.05) is 37.6 Å². The third kappa shape index (κ3) is 6.00. The number of aliphatic carboxylic acids is 1. The molecule has 0 aromatic heterocycles. The number of halogens is 1. The Morgan fingerprint density at radius 2 is 1.61 bits per heavy atom. The average Bonchev–Trinajstić information content (AvgIpc) is 2.93. The van der Waals surface area contributed by atoms with Gasteiger partial charge in [-0.3, -0.25) is 4.79 Å². The minimum atomic E-state index is -0.668. The number of fused-ring (bicyclic) bond motifs is 2. The second-order valence-corrected chi connectivity index (χ2v) is 8.35. The molecule has 0 bridgehead atoms. The highest BCUT2D eigenvalue weighted by Gasteiger charge is 2.25. The van der Waals surface area contributed by atoms with E-state index in [1.54, 1.807) is 0 Å². The van der Waals surface area contributed by atoms with E-state index in [4.69, 9.17) is 4.74 Å². The number of anilines is 2. The van der Waals surface area contributed by atoms with Crippen LogP contribution in [0.4, 0.5) is 11.4 Å². The Kier molecular flexibility index (Phi) is 8.76. The fraction of sp³-hybridized carbons (Fsp3) is 0.480. The fourth-order valence-electron chi connectivity index (χ4n) is 4.69. The van der Waals surface area contributed by atoms with Crippen LogP contribution in [0.15, 0.2) is 48.5 Å². The van der Waals surface area contributed by atoms with Gasteiger partial charge in [0.05, 0.1) is 12.5 Å². The lowest BCUT2D eigenvalue weighted by Gasteiger charge is -2.30.